The largest absolute Gasteiger partial charge is 0.493 e. The minimum Gasteiger partial charge on any atom is -0.493 e. The molecule has 202 valence electrons. The lowest BCUT2D eigenvalue weighted by atomic mass is 10.1. The highest BCUT2D eigenvalue weighted by molar-refractivity contribution is 8.19. The van der Waals surface area contributed by atoms with Gasteiger partial charge in [-0.2, -0.15) is 0 Å². The van der Waals surface area contributed by atoms with Gasteiger partial charge in [0.2, 0.25) is 0 Å². The highest BCUT2D eigenvalue weighted by atomic mass is 35.5. The molecule has 0 radical (unpaired) electrons. The molecule has 1 amide bonds. The van der Waals surface area contributed by atoms with E-state index in [1.807, 2.05) is 68.4 Å². The van der Waals surface area contributed by atoms with Crippen molar-refractivity contribution in [3.63, 3.8) is 0 Å². The second-order valence-corrected chi connectivity index (χ2v) is 10.5. The van der Waals surface area contributed by atoms with Crippen molar-refractivity contribution in [2.75, 3.05) is 12.0 Å². The van der Waals surface area contributed by atoms with Crippen LogP contribution >= 0.6 is 23.4 Å². The van der Waals surface area contributed by atoms with Crippen LogP contribution in [0.4, 0.5) is 15.8 Å². The third kappa shape index (κ3) is 5.76. The van der Waals surface area contributed by atoms with Crippen molar-refractivity contribution in [2.24, 2.45) is 4.99 Å². The van der Waals surface area contributed by atoms with Crippen LogP contribution in [0.5, 0.6) is 11.5 Å². The number of amidine groups is 1. The molecule has 1 saturated heterocycles. The molecular weight excluding hydrogens is 547 g/mol. The topological polar surface area (TPSA) is 51.1 Å². The first-order valence-corrected chi connectivity index (χ1v) is 13.7. The lowest BCUT2D eigenvalue weighted by molar-refractivity contribution is -0.113. The van der Waals surface area contributed by atoms with E-state index in [0.717, 1.165) is 28.1 Å². The number of hydrogen-bond donors (Lipinski definition) is 0. The molecule has 0 N–H and O–H groups in total. The molecule has 5 nitrogen and oxygen atoms in total. The molecule has 4 aromatic rings. The smallest absolute Gasteiger partial charge is 0.271 e. The van der Waals surface area contributed by atoms with Gasteiger partial charge in [0.15, 0.2) is 16.7 Å². The molecule has 1 aliphatic rings. The van der Waals surface area contributed by atoms with E-state index in [1.54, 1.807) is 35.2 Å². The summed E-state index contributed by atoms with van der Waals surface area (Å²) < 4.78 is 25.5. The second-order valence-electron chi connectivity index (χ2n) is 9.12. The van der Waals surface area contributed by atoms with Crippen molar-refractivity contribution in [3.05, 3.63) is 123 Å². The van der Waals surface area contributed by atoms with Gasteiger partial charge in [0.25, 0.3) is 5.91 Å². The summed E-state index contributed by atoms with van der Waals surface area (Å²) in [6.07, 6.45) is 1.80. The van der Waals surface area contributed by atoms with Crippen LogP contribution in [-0.4, -0.2) is 18.2 Å². The lowest BCUT2D eigenvalue weighted by Crippen LogP contribution is -2.28. The van der Waals surface area contributed by atoms with Gasteiger partial charge >= 0.3 is 0 Å². The Morgan fingerprint density at radius 2 is 1.68 bits per heavy atom. The fraction of sp³-hybridized carbons (Fsp3) is 0.125. The number of para-hydroxylation sites is 2. The maximum absolute atomic E-state index is 14.2. The molecule has 5 rings (SSSR count). The fourth-order valence-corrected chi connectivity index (χ4v) is 5.50. The molecule has 0 aliphatic carbocycles. The van der Waals surface area contributed by atoms with E-state index in [9.17, 15) is 9.18 Å². The Labute approximate surface area is 241 Å². The molecule has 0 aromatic heterocycles. The number of ether oxygens (including phenoxy) is 2. The molecule has 0 spiro atoms. The Hall–Kier alpha value is -4.07. The molecular formula is C32H26ClFN2O3S. The Morgan fingerprint density at radius 1 is 0.950 bits per heavy atom. The highest BCUT2D eigenvalue weighted by Gasteiger charge is 2.35. The van der Waals surface area contributed by atoms with Crippen LogP contribution in [0.2, 0.25) is 5.02 Å². The number of carbonyl (C=O) groups is 1. The van der Waals surface area contributed by atoms with Gasteiger partial charge in [0, 0.05) is 5.56 Å². The van der Waals surface area contributed by atoms with Crippen molar-refractivity contribution in [1.29, 1.82) is 0 Å². The third-order valence-corrected chi connectivity index (χ3v) is 7.71. The van der Waals surface area contributed by atoms with E-state index in [4.69, 9.17) is 26.1 Å². The number of aliphatic imine (C=N–C) groups is 1. The Balaban J connectivity index is 1.46. The minimum absolute atomic E-state index is 0.0547. The molecule has 8 heteroatoms. The quantitative estimate of drug-likeness (QED) is 0.208. The number of benzene rings is 4. The zero-order chi connectivity index (χ0) is 28.2. The number of amides is 1. The van der Waals surface area contributed by atoms with Gasteiger partial charge in [-0.3, -0.25) is 9.69 Å². The van der Waals surface area contributed by atoms with Crippen LogP contribution in [0.15, 0.2) is 94.8 Å². The first-order valence-electron chi connectivity index (χ1n) is 12.5. The Bertz CT molecular complexity index is 1600. The average Bonchev–Trinajstić information content (AvgIpc) is 3.25. The third-order valence-electron chi connectivity index (χ3n) is 6.39. The number of aryl methyl sites for hydroxylation is 2. The van der Waals surface area contributed by atoms with Gasteiger partial charge in [-0.15, -0.1) is 0 Å². The van der Waals surface area contributed by atoms with Gasteiger partial charge in [0.1, 0.15) is 12.4 Å². The summed E-state index contributed by atoms with van der Waals surface area (Å²) in [5, 5.41) is 0.868. The van der Waals surface area contributed by atoms with Crippen LogP contribution in [-0.2, 0) is 11.4 Å². The van der Waals surface area contributed by atoms with Crippen LogP contribution in [0.25, 0.3) is 6.08 Å². The molecule has 40 heavy (non-hydrogen) atoms. The SMILES string of the molecule is COc1cc(/C=C2\SC(=Nc3c(C)cccc3C)N(c3ccccc3)C2=O)ccc1OCc1c(F)cccc1Cl. The van der Waals surface area contributed by atoms with Gasteiger partial charge in [-0.25, -0.2) is 9.38 Å². The monoisotopic (exact) mass is 572 g/mol. The molecule has 1 fully saturated rings. The summed E-state index contributed by atoms with van der Waals surface area (Å²) >= 11 is 7.45. The van der Waals surface area contributed by atoms with Crippen LogP contribution in [0, 0.1) is 19.7 Å². The molecule has 0 saturated carbocycles. The van der Waals surface area contributed by atoms with Crippen LogP contribution < -0.4 is 14.4 Å². The Morgan fingerprint density at radius 3 is 2.38 bits per heavy atom. The fourth-order valence-electron chi connectivity index (χ4n) is 4.30. The first kappa shape index (κ1) is 27.5. The molecule has 1 heterocycles. The number of hydrogen-bond acceptors (Lipinski definition) is 5. The van der Waals surface area contributed by atoms with Crippen molar-refractivity contribution in [1.82, 2.24) is 0 Å². The summed E-state index contributed by atoms with van der Waals surface area (Å²) in [5.41, 5.74) is 4.65. The molecule has 0 bridgehead atoms. The standard InChI is InChI=1S/C32H26ClFN2O3S/c1-20-9-7-10-21(2)30(20)35-32-36(23-11-5-4-6-12-23)31(37)29(40-32)18-22-15-16-27(28(17-22)38-3)39-19-24-25(33)13-8-14-26(24)34/h4-18H,19H2,1-3H3/b29-18-,35-32?. The van der Waals surface area contributed by atoms with Gasteiger partial charge in [-0.05, 0) is 84.8 Å². The number of thioether (sulfide) groups is 1. The van der Waals surface area contributed by atoms with Crippen LogP contribution in [0.1, 0.15) is 22.3 Å². The predicted molar refractivity (Wildman–Crippen MR) is 161 cm³/mol. The first-order chi connectivity index (χ1) is 19.4. The van der Waals surface area contributed by atoms with E-state index >= 15 is 0 Å². The van der Waals surface area contributed by atoms with Crippen molar-refractivity contribution in [2.45, 2.75) is 20.5 Å². The van der Waals surface area contributed by atoms with Gasteiger partial charge in [-0.1, -0.05) is 60.1 Å². The number of rotatable bonds is 7. The second kappa shape index (κ2) is 12.0. The minimum atomic E-state index is -0.439. The van der Waals surface area contributed by atoms with Crippen molar-refractivity contribution in [3.8, 4) is 11.5 Å². The summed E-state index contributed by atoms with van der Waals surface area (Å²) in [4.78, 5) is 20.8. The normalized spacial score (nSPS) is 15.2. The molecule has 1 aliphatic heterocycles. The van der Waals surface area contributed by atoms with Crippen LogP contribution in [0.3, 0.4) is 0 Å². The van der Waals surface area contributed by atoms with E-state index in [-0.39, 0.29) is 18.1 Å². The summed E-state index contributed by atoms with van der Waals surface area (Å²) in [6.45, 7) is 3.96. The summed E-state index contributed by atoms with van der Waals surface area (Å²) in [7, 11) is 1.52. The number of anilines is 1. The van der Waals surface area contributed by atoms with Crippen molar-refractivity contribution >= 4 is 51.9 Å². The van der Waals surface area contributed by atoms with E-state index < -0.39 is 5.82 Å². The number of carbonyl (C=O) groups excluding carboxylic acids is 1. The maximum atomic E-state index is 14.2. The van der Waals surface area contributed by atoms with E-state index in [1.165, 1.54) is 24.9 Å². The average molecular weight is 573 g/mol. The summed E-state index contributed by atoms with van der Waals surface area (Å²) in [6, 6.07) is 25.3. The number of methoxy groups -OCH3 is 1. The molecule has 0 unspecified atom stereocenters. The maximum Gasteiger partial charge on any atom is 0.271 e. The van der Waals surface area contributed by atoms with Crippen molar-refractivity contribution < 1.29 is 18.7 Å². The highest BCUT2D eigenvalue weighted by Crippen LogP contribution is 2.39. The Kier molecular flexibility index (Phi) is 8.24. The zero-order valence-electron chi connectivity index (χ0n) is 22.2. The molecule has 0 atom stereocenters. The summed E-state index contributed by atoms with van der Waals surface area (Å²) in [5.74, 6) is 0.264. The van der Waals surface area contributed by atoms with E-state index in [0.29, 0.717) is 26.6 Å². The lowest BCUT2D eigenvalue weighted by Gasteiger charge is -2.16. The van der Waals surface area contributed by atoms with Gasteiger partial charge in [0.05, 0.1) is 28.4 Å². The number of halogens is 2. The predicted octanol–water partition coefficient (Wildman–Crippen LogP) is 8.49. The van der Waals surface area contributed by atoms with Gasteiger partial charge < -0.3 is 9.47 Å². The molecule has 4 aromatic carbocycles. The zero-order valence-corrected chi connectivity index (χ0v) is 23.7. The number of nitrogens with zero attached hydrogens (tertiary/aromatic N) is 2. The van der Waals surface area contributed by atoms with E-state index in [2.05, 4.69) is 0 Å².